The quantitative estimate of drug-likeness (QED) is 0.845. The standard InChI is InChI=1S/C14H24N2O2/c1-10(2)8-12(9-16(4)5)15-14(17)13-7-6-11(3)18-13/h6-7,10,12H,8-9H2,1-5H3,(H,15,17). The molecule has 4 nitrogen and oxygen atoms in total. The van der Waals surface area contributed by atoms with Crippen molar-refractivity contribution in [3.05, 3.63) is 23.7 Å². The van der Waals surface area contributed by atoms with E-state index in [-0.39, 0.29) is 11.9 Å². The molecule has 0 saturated carbocycles. The van der Waals surface area contributed by atoms with Crippen molar-refractivity contribution >= 4 is 5.91 Å². The van der Waals surface area contributed by atoms with Crippen LogP contribution < -0.4 is 5.32 Å². The van der Waals surface area contributed by atoms with Gasteiger partial charge in [0.2, 0.25) is 0 Å². The molecule has 102 valence electrons. The highest BCUT2D eigenvalue weighted by atomic mass is 16.3. The summed E-state index contributed by atoms with van der Waals surface area (Å²) in [5, 5.41) is 3.03. The lowest BCUT2D eigenvalue weighted by Gasteiger charge is -2.23. The summed E-state index contributed by atoms with van der Waals surface area (Å²) in [4.78, 5) is 14.1. The summed E-state index contributed by atoms with van der Waals surface area (Å²) in [6.07, 6.45) is 0.962. The Hall–Kier alpha value is -1.29. The molecule has 1 aromatic heterocycles. The molecule has 0 fully saturated rings. The van der Waals surface area contributed by atoms with Crippen LogP contribution in [0.3, 0.4) is 0 Å². The largest absolute Gasteiger partial charge is 0.456 e. The summed E-state index contributed by atoms with van der Waals surface area (Å²) in [6, 6.07) is 3.67. The van der Waals surface area contributed by atoms with Crippen LogP contribution in [0.25, 0.3) is 0 Å². The van der Waals surface area contributed by atoms with E-state index in [0.29, 0.717) is 11.7 Å². The van der Waals surface area contributed by atoms with Gasteiger partial charge in [-0.3, -0.25) is 4.79 Å². The van der Waals surface area contributed by atoms with Gasteiger partial charge in [0.1, 0.15) is 5.76 Å². The lowest BCUT2D eigenvalue weighted by Crippen LogP contribution is -2.42. The molecule has 1 aromatic rings. The van der Waals surface area contributed by atoms with E-state index >= 15 is 0 Å². The summed E-state index contributed by atoms with van der Waals surface area (Å²) >= 11 is 0. The van der Waals surface area contributed by atoms with Crippen LogP contribution in [0.4, 0.5) is 0 Å². The minimum absolute atomic E-state index is 0.129. The van der Waals surface area contributed by atoms with Crippen molar-refractivity contribution in [2.45, 2.75) is 33.2 Å². The van der Waals surface area contributed by atoms with Gasteiger partial charge in [-0.1, -0.05) is 13.8 Å². The van der Waals surface area contributed by atoms with Crippen molar-refractivity contribution in [3.8, 4) is 0 Å². The highest BCUT2D eigenvalue weighted by Crippen LogP contribution is 2.09. The molecule has 0 aliphatic rings. The zero-order valence-electron chi connectivity index (χ0n) is 12.0. The topological polar surface area (TPSA) is 45.5 Å². The van der Waals surface area contributed by atoms with E-state index in [4.69, 9.17) is 4.42 Å². The van der Waals surface area contributed by atoms with Gasteiger partial charge in [-0.05, 0) is 45.5 Å². The van der Waals surface area contributed by atoms with Crippen molar-refractivity contribution in [1.82, 2.24) is 10.2 Å². The Morgan fingerprint density at radius 1 is 1.39 bits per heavy atom. The predicted molar refractivity (Wildman–Crippen MR) is 72.7 cm³/mol. The molecule has 0 radical (unpaired) electrons. The molecule has 1 heterocycles. The zero-order valence-corrected chi connectivity index (χ0v) is 12.0. The molecule has 1 amide bonds. The van der Waals surface area contributed by atoms with E-state index in [1.807, 2.05) is 21.0 Å². The van der Waals surface area contributed by atoms with E-state index in [2.05, 4.69) is 24.1 Å². The average molecular weight is 252 g/mol. The third-order valence-corrected chi connectivity index (χ3v) is 2.64. The predicted octanol–water partition coefficient (Wildman–Crippen LogP) is 2.29. The van der Waals surface area contributed by atoms with E-state index in [9.17, 15) is 4.79 Å². The average Bonchev–Trinajstić information content (AvgIpc) is 2.62. The number of aryl methyl sites for hydroxylation is 1. The molecule has 4 heteroatoms. The fourth-order valence-electron chi connectivity index (χ4n) is 2.00. The number of hydrogen-bond donors (Lipinski definition) is 1. The smallest absolute Gasteiger partial charge is 0.287 e. The maximum absolute atomic E-state index is 12.0. The Labute approximate surface area is 109 Å². The number of nitrogens with one attached hydrogen (secondary N) is 1. The number of furan rings is 1. The second-order valence-electron chi connectivity index (χ2n) is 5.47. The minimum Gasteiger partial charge on any atom is -0.456 e. The van der Waals surface area contributed by atoms with Crippen LogP contribution in [0.5, 0.6) is 0 Å². The number of hydrogen-bond acceptors (Lipinski definition) is 3. The van der Waals surface area contributed by atoms with E-state index in [0.717, 1.165) is 18.7 Å². The molecular formula is C14H24N2O2. The molecular weight excluding hydrogens is 228 g/mol. The van der Waals surface area contributed by atoms with E-state index < -0.39 is 0 Å². The van der Waals surface area contributed by atoms with E-state index in [1.165, 1.54) is 0 Å². The number of carbonyl (C=O) groups excluding carboxylic acids is 1. The highest BCUT2D eigenvalue weighted by Gasteiger charge is 2.17. The van der Waals surface area contributed by atoms with Crippen LogP contribution in [0, 0.1) is 12.8 Å². The second kappa shape index (κ2) is 6.59. The van der Waals surface area contributed by atoms with Crippen LogP contribution in [0.15, 0.2) is 16.5 Å². The van der Waals surface area contributed by atoms with Gasteiger partial charge in [-0.2, -0.15) is 0 Å². The van der Waals surface area contributed by atoms with Crippen LogP contribution in [-0.2, 0) is 0 Å². The van der Waals surface area contributed by atoms with Crippen molar-refractivity contribution in [3.63, 3.8) is 0 Å². The molecule has 1 atom stereocenters. The molecule has 18 heavy (non-hydrogen) atoms. The summed E-state index contributed by atoms with van der Waals surface area (Å²) in [7, 11) is 4.02. The fraction of sp³-hybridized carbons (Fsp3) is 0.643. The van der Waals surface area contributed by atoms with Crippen LogP contribution in [0.2, 0.25) is 0 Å². The number of likely N-dealkylation sites (N-methyl/N-ethyl adjacent to an activating group) is 1. The summed E-state index contributed by atoms with van der Waals surface area (Å²) in [5.41, 5.74) is 0. The first-order valence-electron chi connectivity index (χ1n) is 6.40. The Morgan fingerprint density at radius 3 is 2.50 bits per heavy atom. The number of nitrogens with zero attached hydrogens (tertiary/aromatic N) is 1. The summed E-state index contributed by atoms with van der Waals surface area (Å²) < 4.78 is 5.33. The number of carbonyl (C=O) groups is 1. The molecule has 0 aliphatic heterocycles. The maximum atomic E-state index is 12.0. The Balaban J connectivity index is 2.61. The third kappa shape index (κ3) is 4.92. The fourth-order valence-corrected chi connectivity index (χ4v) is 2.00. The van der Waals surface area contributed by atoms with Gasteiger partial charge in [0.15, 0.2) is 5.76 Å². The SMILES string of the molecule is Cc1ccc(C(=O)NC(CC(C)C)CN(C)C)o1. The molecule has 1 N–H and O–H groups in total. The minimum atomic E-state index is -0.129. The Morgan fingerprint density at radius 2 is 2.06 bits per heavy atom. The molecule has 0 aromatic carbocycles. The lowest BCUT2D eigenvalue weighted by atomic mass is 10.0. The molecule has 1 unspecified atom stereocenters. The molecule has 0 bridgehead atoms. The summed E-state index contributed by atoms with van der Waals surface area (Å²) in [6.45, 7) is 6.99. The monoisotopic (exact) mass is 252 g/mol. The van der Waals surface area contributed by atoms with Gasteiger partial charge in [0.05, 0.1) is 0 Å². The Kier molecular flexibility index (Phi) is 5.41. The first-order valence-corrected chi connectivity index (χ1v) is 6.40. The number of rotatable bonds is 6. The van der Waals surface area contributed by atoms with Crippen LogP contribution >= 0.6 is 0 Å². The molecule has 1 rings (SSSR count). The third-order valence-electron chi connectivity index (χ3n) is 2.64. The van der Waals surface area contributed by atoms with Gasteiger partial charge in [0, 0.05) is 12.6 Å². The van der Waals surface area contributed by atoms with E-state index in [1.54, 1.807) is 12.1 Å². The molecule has 0 spiro atoms. The maximum Gasteiger partial charge on any atom is 0.287 e. The molecule has 0 aliphatic carbocycles. The van der Waals surface area contributed by atoms with Gasteiger partial charge in [-0.15, -0.1) is 0 Å². The van der Waals surface area contributed by atoms with Gasteiger partial charge in [0.25, 0.3) is 5.91 Å². The second-order valence-corrected chi connectivity index (χ2v) is 5.47. The van der Waals surface area contributed by atoms with Gasteiger partial charge in [-0.25, -0.2) is 0 Å². The van der Waals surface area contributed by atoms with Crippen molar-refractivity contribution in [1.29, 1.82) is 0 Å². The normalized spacial score (nSPS) is 13.1. The van der Waals surface area contributed by atoms with Crippen molar-refractivity contribution in [2.75, 3.05) is 20.6 Å². The number of amides is 1. The molecule has 0 saturated heterocycles. The van der Waals surface area contributed by atoms with Crippen LogP contribution in [-0.4, -0.2) is 37.5 Å². The lowest BCUT2D eigenvalue weighted by molar-refractivity contribution is 0.0895. The highest BCUT2D eigenvalue weighted by molar-refractivity contribution is 5.91. The zero-order chi connectivity index (χ0) is 13.7. The summed E-state index contributed by atoms with van der Waals surface area (Å²) in [5.74, 6) is 1.57. The van der Waals surface area contributed by atoms with Crippen LogP contribution in [0.1, 0.15) is 36.6 Å². The van der Waals surface area contributed by atoms with Crippen molar-refractivity contribution in [2.24, 2.45) is 5.92 Å². The first kappa shape index (κ1) is 14.8. The Bertz CT molecular complexity index is 373. The van der Waals surface area contributed by atoms with Gasteiger partial charge >= 0.3 is 0 Å². The first-order chi connectivity index (χ1) is 8.38. The van der Waals surface area contributed by atoms with Gasteiger partial charge < -0.3 is 14.6 Å². The van der Waals surface area contributed by atoms with Crippen molar-refractivity contribution < 1.29 is 9.21 Å².